The Morgan fingerprint density at radius 1 is 1.15 bits per heavy atom. The van der Waals surface area contributed by atoms with Crippen molar-refractivity contribution in [1.82, 2.24) is 0 Å². The Hall–Kier alpha value is -1.83. The van der Waals surface area contributed by atoms with Gasteiger partial charge in [-0.05, 0) is 17.7 Å². The van der Waals surface area contributed by atoms with E-state index in [1.807, 2.05) is 36.3 Å². The van der Waals surface area contributed by atoms with Crippen molar-refractivity contribution in [3.05, 3.63) is 41.6 Å². The SMILES string of the molecule is O.O=C=C1C=Cc2ccccc2N1. The van der Waals surface area contributed by atoms with Crippen LogP contribution in [0.3, 0.4) is 0 Å². The van der Waals surface area contributed by atoms with Gasteiger partial charge in [0.15, 0.2) is 5.94 Å². The van der Waals surface area contributed by atoms with Gasteiger partial charge < -0.3 is 10.8 Å². The number of fused-ring (bicyclic) bond motifs is 1. The second-order valence-electron chi connectivity index (χ2n) is 2.56. The van der Waals surface area contributed by atoms with E-state index in [1.165, 1.54) is 0 Å². The zero-order valence-corrected chi connectivity index (χ0v) is 6.87. The summed E-state index contributed by atoms with van der Waals surface area (Å²) in [6.07, 6.45) is 3.61. The molecule has 1 aliphatic rings. The smallest absolute Gasteiger partial charge is 0.150 e. The quantitative estimate of drug-likeness (QED) is 0.598. The van der Waals surface area contributed by atoms with Gasteiger partial charge in [0, 0.05) is 5.69 Å². The van der Waals surface area contributed by atoms with E-state index in [0.717, 1.165) is 11.3 Å². The monoisotopic (exact) mass is 175 g/mol. The molecule has 0 radical (unpaired) electrons. The summed E-state index contributed by atoms with van der Waals surface area (Å²) in [5.74, 6) is 1.81. The Morgan fingerprint density at radius 2 is 1.92 bits per heavy atom. The van der Waals surface area contributed by atoms with Crippen molar-refractivity contribution in [1.29, 1.82) is 0 Å². The van der Waals surface area contributed by atoms with E-state index in [2.05, 4.69) is 5.32 Å². The third-order valence-corrected chi connectivity index (χ3v) is 1.77. The van der Waals surface area contributed by atoms with Crippen LogP contribution < -0.4 is 5.32 Å². The molecule has 3 N–H and O–H groups in total. The van der Waals surface area contributed by atoms with Gasteiger partial charge in [0.25, 0.3) is 0 Å². The average Bonchev–Trinajstić information content (AvgIpc) is 2.17. The molecular formula is C10H9NO2. The molecule has 1 aromatic rings. The zero-order valence-electron chi connectivity index (χ0n) is 6.87. The molecule has 0 fully saturated rings. The molecule has 0 atom stereocenters. The Kier molecular flexibility index (Phi) is 2.65. The van der Waals surface area contributed by atoms with Gasteiger partial charge in [-0.3, -0.25) is 0 Å². The van der Waals surface area contributed by atoms with E-state index in [4.69, 9.17) is 0 Å². The van der Waals surface area contributed by atoms with Crippen LogP contribution in [-0.2, 0) is 4.79 Å². The second kappa shape index (κ2) is 3.72. The van der Waals surface area contributed by atoms with Gasteiger partial charge in [-0.2, -0.15) is 0 Å². The van der Waals surface area contributed by atoms with Gasteiger partial charge in [0.2, 0.25) is 0 Å². The number of rotatable bonds is 0. The van der Waals surface area contributed by atoms with Gasteiger partial charge >= 0.3 is 0 Å². The van der Waals surface area contributed by atoms with Crippen LogP contribution in [0.2, 0.25) is 0 Å². The molecule has 0 amide bonds. The highest BCUT2D eigenvalue weighted by molar-refractivity contribution is 5.79. The molecule has 66 valence electrons. The summed E-state index contributed by atoms with van der Waals surface area (Å²) < 4.78 is 0. The van der Waals surface area contributed by atoms with Crippen molar-refractivity contribution in [3.63, 3.8) is 0 Å². The predicted molar refractivity (Wildman–Crippen MR) is 51.9 cm³/mol. The maximum Gasteiger partial charge on any atom is 0.150 e. The summed E-state index contributed by atoms with van der Waals surface area (Å²) in [5, 5.41) is 2.95. The number of hydrogen-bond acceptors (Lipinski definition) is 2. The van der Waals surface area contributed by atoms with E-state index in [0.29, 0.717) is 5.70 Å². The number of para-hydroxylation sites is 1. The molecule has 0 saturated carbocycles. The van der Waals surface area contributed by atoms with Gasteiger partial charge in [-0.25, -0.2) is 4.79 Å². The summed E-state index contributed by atoms with van der Waals surface area (Å²) in [6, 6.07) is 7.80. The molecule has 1 aromatic carbocycles. The maximum absolute atomic E-state index is 10.3. The molecule has 1 heterocycles. The van der Waals surface area contributed by atoms with Crippen LogP contribution >= 0.6 is 0 Å². The lowest BCUT2D eigenvalue weighted by molar-refractivity contribution is 0.568. The lowest BCUT2D eigenvalue weighted by atomic mass is 10.1. The van der Waals surface area contributed by atoms with Gasteiger partial charge in [-0.1, -0.05) is 24.3 Å². The van der Waals surface area contributed by atoms with Crippen LogP contribution in [0.5, 0.6) is 0 Å². The first-order valence-electron chi connectivity index (χ1n) is 3.69. The summed E-state index contributed by atoms with van der Waals surface area (Å²) in [5.41, 5.74) is 2.53. The van der Waals surface area contributed by atoms with Crippen molar-refractivity contribution >= 4 is 17.7 Å². The Morgan fingerprint density at radius 3 is 2.69 bits per heavy atom. The van der Waals surface area contributed by atoms with Crippen LogP contribution in [0, 0.1) is 0 Å². The second-order valence-corrected chi connectivity index (χ2v) is 2.56. The number of benzene rings is 1. The standard InChI is InChI=1S/C10H7NO.H2O/c12-7-9-6-5-8-3-1-2-4-10(8)11-9;/h1-6,11H;1H2. The summed E-state index contributed by atoms with van der Waals surface area (Å²) in [6.45, 7) is 0. The Balaban J connectivity index is 0.000000845. The lowest BCUT2D eigenvalue weighted by Gasteiger charge is -2.11. The van der Waals surface area contributed by atoms with E-state index < -0.39 is 0 Å². The minimum atomic E-state index is 0. The van der Waals surface area contributed by atoms with Crippen LogP contribution in [0.1, 0.15) is 5.56 Å². The molecule has 0 aromatic heterocycles. The maximum atomic E-state index is 10.3. The lowest BCUT2D eigenvalue weighted by Crippen LogP contribution is -2.02. The predicted octanol–water partition coefficient (Wildman–Crippen LogP) is 1.02. The number of nitrogens with one attached hydrogen (secondary N) is 1. The minimum absolute atomic E-state index is 0. The van der Waals surface area contributed by atoms with Gasteiger partial charge in [0.05, 0.1) is 0 Å². The fraction of sp³-hybridized carbons (Fsp3) is 0. The molecule has 0 spiro atoms. The van der Waals surface area contributed by atoms with Crippen LogP contribution in [0.4, 0.5) is 5.69 Å². The molecule has 13 heavy (non-hydrogen) atoms. The molecule has 0 saturated heterocycles. The minimum Gasteiger partial charge on any atom is -0.412 e. The highest BCUT2D eigenvalue weighted by atomic mass is 16.1. The first-order valence-corrected chi connectivity index (χ1v) is 3.69. The van der Waals surface area contributed by atoms with Crippen LogP contribution in [0.15, 0.2) is 36.0 Å². The summed E-state index contributed by atoms with van der Waals surface area (Å²) >= 11 is 0. The van der Waals surface area contributed by atoms with E-state index in [1.54, 1.807) is 6.08 Å². The van der Waals surface area contributed by atoms with Crippen LogP contribution in [-0.4, -0.2) is 11.4 Å². The largest absolute Gasteiger partial charge is 0.412 e. The average molecular weight is 175 g/mol. The highest BCUT2D eigenvalue weighted by Crippen LogP contribution is 2.22. The molecule has 3 heteroatoms. The first kappa shape index (κ1) is 9.26. The summed E-state index contributed by atoms with van der Waals surface area (Å²) in [7, 11) is 0. The highest BCUT2D eigenvalue weighted by Gasteiger charge is 2.04. The third-order valence-electron chi connectivity index (χ3n) is 1.77. The number of carbonyl (C=O) groups excluding carboxylic acids is 1. The number of anilines is 1. The van der Waals surface area contributed by atoms with Crippen molar-refractivity contribution < 1.29 is 10.3 Å². The molecule has 0 aliphatic carbocycles. The Bertz CT molecular complexity index is 390. The molecule has 0 bridgehead atoms. The Labute approximate surface area is 75.7 Å². The molecule has 1 aliphatic heterocycles. The first-order chi connectivity index (χ1) is 5.90. The molecule has 2 rings (SSSR count). The van der Waals surface area contributed by atoms with E-state index >= 15 is 0 Å². The molecular weight excluding hydrogens is 166 g/mol. The number of allylic oxidation sites excluding steroid dienone is 1. The molecule has 3 nitrogen and oxygen atoms in total. The summed E-state index contributed by atoms with van der Waals surface area (Å²) in [4.78, 5) is 10.3. The third kappa shape index (κ3) is 1.67. The van der Waals surface area contributed by atoms with Gasteiger partial charge in [-0.15, -0.1) is 0 Å². The van der Waals surface area contributed by atoms with Crippen molar-refractivity contribution in [2.24, 2.45) is 0 Å². The van der Waals surface area contributed by atoms with Crippen molar-refractivity contribution in [2.75, 3.05) is 5.32 Å². The normalized spacial score (nSPS) is 12.2. The topological polar surface area (TPSA) is 60.6 Å². The van der Waals surface area contributed by atoms with Gasteiger partial charge in [0.1, 0.15) is 5.70 Å². The number of hydrogen-bond donors (Lipinski definition) is 1. The zero-order chi connectivity index (χ0) is 8.39. The molecule has 0 unspecified atom stereocenters. The van der Waals surface area contributed by atoms with Crippen molar-refractivity contribution in [2.45, 2.75) is 0 Å². The van der Waals surface area contributed by atoms with Crippen LogP contribution in [0.25, 0.3) is 6.08 Å². The fourth-order valence-electron chi connectivity index (χ4n) is 1.18. The fourth-order valence-corrected chi connectivity index (χ4v) is 1.18. The van der Waals surface area contributed by atoms with E-state index in [9.17, 15) is 4.79 Å². The van der Waals surface area contributed by atoms with E-state index in [-0.39, 0.29) is 5.48 Å². The van der Waals surface area contributed by atoms with Crippen molar-refractivity contribution in [3.8, 4) is 0 Å².